The minimum Gasteiger partial charge on any atom is -0.309 e. The van der Waals surface area contributed by atoms with Crippen LogP contribution in [0.2, 0.25) is 0 Å². The standard InChI is InChI=1S/C12H13FN2S/c13-12-2-1-9(6-14)5-10(12)7-15-11-3-4-16-8-11/h1-2,5,11,15H,3-4,7-8H2. The van der Waals surface area contributed by atoms with Gasteiger partial charge in [0.15, 0.2) is 0 Å². The number of thioether (sulfide) groups is 1. The van der Waals surface area contributed by atoms with Crippen molar-refractivity contribution in [3.05, 3.63) is 35.1 Å². The molecule has 1 N–H and O–H groups in total. The van der Waals surface area contributed by atoms with E-state index in [-0.39, 0.29) is 5.82 Å². The van der Waals surface area contributed by atoms with Crippen LogP contribution in [-0.2, 0) is 6.54 Å². The minimum absolute atomic E-state index is 0.239. The SMILES string of the molecule is N#Cc1ccc(F)c(CNC2CCSC2)c1. The van der Waals surface area contributed by atoms with Crippen molar-refractivity contribution < 1.29 is 4.39 Å². The molecule has 1 fully saturated rings. The van der Waals surface area contributed by atoms with E-state index in [1.54, 1.807) is 6.07 Å². The number of benzene rings is 1. The molecule has 0 aliphatic carbocycles. The number of nitrogens with zero attached hydrogens (tertiary/aromatic N) is 1. The molecule has 16 heavy (non-hydrogen) atoms. The maximum atomic E-state index is 13.4. The van der Waals surface area contributed by atoms with Gasteiger partial charge in [-0.1, -0.05) is 0 Å². The maximum Gasteiger partial charge on any atom is 0.127 e. The van der Waals surface area contributed by atoms with Gasteiger partial charge in [0, 0.05) is 23.9 Å². The molecule has 2 nitrogen and oxygen atoms in total. The molecule has 1 unspecified atom stereocenters. The summed E-state index contributed by atoms with van der Waals surface area (Å²) in [4.78, 5) is 0. The molecule has 1 aliphatic rings. The topological polar surface area (TPSA) is 35.8 Å². The molecule has 0 spiro atoms. The van der Waals surface area contributed by atoms with Crippen molar-refractivity contribution in [1.82, 2.24) is 5.32 Å². The van der Waals surface area contributed by atoms with E-state index < -0.39 is 0 Å². The highest BCUT2D eigenvalue weighted by Gasteiger charge is 2.15. The highest BCUT2D eigenvalue weighted by Crippen LogP contribution is 2.18. The average Bonchev–Trinajstić information content (AvgIpc) is 2.81. The number of hydrogen-bond donors (Lipinski definition) is 1. The zero-order valence-corrected chi connectivity index (χ0v) is 9.69. The first-order valence-corrected chi connectivity index (χ1v) is 6.44. The fourth-order valence-corrected chi connectivity index (χ4v) is 2.92. The molecule has 1 aromatic carbocycles. The van der Waals surface area contributed by atoms with Gasteiger partial charge in [-0.3, -0.25) is 0 Å². The second-order valence-electron chi connectivity index (χ2n) is 3.86. The predicted molar refractivity (Wildman–Crippen MR) is 63.7 cm³/mol. The van der Waals surface area contributed by atoms with Gasteiger partial charge < -0.3 is 5.32 Å². The molecule has 84 valence electrons. The van der Waals surface area contributed by atoms with Gasteiger partial charge in [-0.2, -0.15) is 17.0 Å². The molecule has 1 saturated heterocycles. The largest absolute Gasteiger partial charge is 0.309 e. The Hall–Kier alpha value is -1.05. The van der Waals surface area contributed by atoms with Crippen LogP contribution in [0.1, 0.15) is 17.5 Å². The predicted octanol–water partition coefficient (Wildman–Crippen LogP) is 2.29. The number of halogens is 1. The molecule has 1 atom stereocenters. The van der Waals surface area contributed by atoms with Gasteiger partial charge in [-0.15, -0.1) is 0 Å². The Labute approximate surface area is 98.8 Å². The number of hydrogen-bond acceptors (Lipinski definition) is 3. The third-order valence-corrected chi connectivity index (χ3v) is 3.85. The van der Waals surface area contributed by atoms with E-state index in [0.29, 0.717) is 23.7 Å². The fourth-order valence-electron chi connectivity index (χ4n) is 1.73. The molecule has 0 aromatic heterocycles. The van der Waals surface area contributed by atoms with Crippen LogP contribution in [0.3, 0.4) is 0 Å². The van der Waals surface area contributed by atoms with E-state index >= 15 is 0 Å². The molecule has 1 heterocycles. The van der Waals surface area contributed by atoms with Crippen molar-refractivity contribution in [3.63, 3.8) is 0 Å². The van der Waals surface area contributed by atoms with Gasteiger partial charge in [-0.05, 0) is 30.4 Å². The van der Waals surface area contributed by atoms with E-state index in [2.05, 4.69) is 5.32 Å². The molecule has 2 rings (SSSR count). The van der Waals surface area contributed by atoms with Crippen molar-refractivity contribution in [1.29, 1.82) is 5.26 Å². The summed E-state index contributed by atoms with van der Waals surface area (Å²) >= 11 is 1.92. The van der Waals surface area contributed by atoms with E-state index in [1.165, 1.54) is 17.9 Å². The summed E-state index contributed by atoms with van der Waals surface area (Å²) in [5.41, 5.74) is 1.09. The summed E-state index contributed by atoms with van der Waals surface area (Å²) in [5, 5.41) is 12.1. The zero-order chi connectivity index (χ0) is 11.4. The second kappa shape index (κ2) is 5.33. The van der Waals surface area contributed by atoms with Crippen LogP contribution in [0.4, 0.5) is 4.39 Å². The van der Waals surface area contributed by atoms with Gasteiger partial charge in [0.2, 0.25) is 0 Å². The Kier molecular flexibility index (Phi) is 3.81. The quantitative estimate of drug-likeness (QED) is 0.874. The molecular formula is C12H13FN2S. The highest BCUT2D eigenvalue weighted by molar-refractivity contribution is 7.99. The van der Waals surface area contributed by atoms with E-state index in [4.69, 9.17) is 5.26 Å². The highest BCUT2D eigenvalue weighted by atomic mass is 32.2. The van der Waals surface area contributed by atoms with Crippen LogP contribution >= 0.6 is 11.8 Å². The first-order chi connectivity index (χ1) is 7.79. The van der Waals surface area contributed by atoms with E-state index in [9.17, 15) is 4.39 Å². The van der Waals surface area contributed by atoms with Gasteiger partial charge in [0.05, 0.1) is 11.6 Å². The van der Waals surface area contributed by atoms with Crippen molar-refractivity contribution >= 4 is 11.8 Å². The fraction of sp³-hybridized carbons (Fsp3) is 0.417. The molecule has 1 aromatic rings. The Bertz CT molecular complexity index is 408. The summed E-state index contributed by atoms with van der Waals surface area (Å²) in [6.07, 6.45) is 1.14. The zero-order valence-electron chi connectivity index (χ0n) is 8.87. The third kappa shape index (κ3) is 2.75. The van der Waals surface area contributed by atoms with Crippen molar-refractivity contribution in [2.24, 2.45) is 0 Å². The second-order valence-corrected chi connectivity index (χ2v) is 5.01. The summed E-state index contributed by atoms with van der Waals surface area (Å²) in [5.74, 6) is 2.04. The summed E-state index contributed by atoms with van der Waals surface area (Å²) in [6.45, 7) is 0.507. The molecular weight excluding hydrogens is 223 g/mol. The lowest BCUT2D eigenvalue weighted by atomic mass is 10.1. The lowest BCUT2D eigenvalue weighted by Crippen LogP contribution is -2.28. The van der Waals surface area contributed by atoms with Gasteiger partial charge >= 0.3 is 0 Å². The Morgan fingerprint density at radius 1 is 1.56 bits per heavy atom. The van der Waals surface area contributed by atoms with Gasteiger partial charge in [-0.25, -0.2) is 4.39 Å². The molecule has 0 radical (unpaired) electrons. The van der Waals surface area contributed by atoms with Crippen LogP contribution in [0.25, 0.3) is 0 Å². The Morgan fingerprint density at radius 3 is 3.12 bits per heavy atom. The number of nitriles is 1. The minimum atomic E-state index is -0.239. The maximum absolute atomic E-state index is 13.4. The van der Waals surface area contributed by atoms with Crippen LogP contribution in [-0.4, -0.2) is 17.5 Å². The monoisotopic (exact) mass is 236 g/mol. The van der Waals surface area contributed by atoms with E-state index in [1.807, 2.05) is 17.8 Å². The smallest absolute Gasteiger partial charge is 0.127 e. The lowest BCUT2D eigenvalue weighted by Gasteiger charge is -2.11. The van der Waals surface area contributed by atoms with Gasteiger partial charge in [0.1, 0.15) is 5.82 Å². The van der Waals surface area contributed by atoms with Crippen LogP contribution < -0.4 is 5.32 Å². The first kappa shape index (κ1) is 11.4. The molecule has 0 amide bonds. The Morgan fingerprint density at radius 2 is 2.44 bits per heavy atom. The van der Waals surface area contributed by atoms with Crippen molar-refractivity contribution in [2.45, 2.75) is 19.0 Å². The van der Waals surface area contributed by atoms with Crippen molar-refractivity contribution in [2.75, 3.05) is 11.5 Å². The average molecular weight is 236 g/mol. The normalized spacial score (nSPS) is 19.6. The van der Waals surface area contributed by atoms with Crippen LogP contribution in [0, 0.1) is 17.1 Å². The van der Waals surface area contributed by atoms with Crippen LogP contribution in [0.15, 0.2) is 18.2 Å². The molecule has 0 bridgehead atoms. The Balaban J connectivity index is 2.00. The number of rotatable bonds is 3. The molecule has 0 saturated carbocycles. The van der Waals surface area contributed by atoms with Gasteiger partial charge in [0.25, 0.3) is 0 Å². The van der Waals surface area contributed by atoms with Crippen LogP contribution in [0.5, 0.6) is 0 Å². The van der Waals surface area contributed by atoms with E-state index in [0.717, 1.165) is 12.2 Å². The third-order valence-electron chi connectivity index (χ3n) is 2.69. The molecule has 1 aliphatic heterocycles. The summed E-state index contributed by atoms with van der Waals surface area (Å²) in [7, 11) is 0. The first-order valence-electron chi connectivity index (χ1n) is 5.29. The van der Waals surface area contributed by atoms with Crippen molar-refractivity contribution in [3.8, 4) is 6.07 Å². The lowest BCUT2D eigenvalue weighted by molar-refractivity contribution is 0.534. The summed E-state index contributed by atoms with van der Waals surface area (Å²) in [6, 6.07) is 6.99. The molecule has 4 heteroatoms. The summed E-state index contributed by atoms with van der Waals surface area (Å²) < 4.78 is 13.4. The number of nitrogens with one attached hydrogen (secondary N) is 1.